The van der Waals surface area contributed by atoms with Gasteiger partial charge in [-0.2, -0.15) is 0 Å². The number of hydrogen-bond acceptors (Lipinski definition) is 2. The minimum atomic E-state index is -0.0486. The molecule has 0 spiro atoms. The summed E-state index contributed by atoms with van der Waals surface area (Å²) in [4.78, 5) is 4.62. The maximum absolute atomic E-state index is 9.66. The van der Waals surface area contributed by atoms with Gasteiger partial charge in [0.25, 0.3) is 0 Å². The van der Waals surface area contributed by atoms with Crippen LogP contribution in [0.4, 0.5) is 0 Å². The summed E-state index contributed by atoms with van der Waals surface area (Å²) in [6.07, 6.45) is 0. The lowest BCUT2D eigenvalue weighted by Gasteiger charge is -2.04. The van der Waals surface area contributed by atoms with E-state index in [0.29, 0.717) is 0 Å². The van der Waals surface area contributed by atoms with E-state index in [1.807, 2.05) is 34.7 Å². The highest BCUT2D eigenvalue weighted by Gasteiger charge is 2.14. The van der Waals surface area contributed by atoms with Crippen molar-refractivity contribution in [2.24, 2.45) is 0 Å². The molecular weight excluding hydrogens is 304 g/mol. The van der Waals surface area contributed by atoms with Crippen molar-refractivity contribution in [1.29, 1.82) is 0 Å². The molecule has 2 aromatic heterocycles. The Morgan fingerprint density at radius 3 is 2.58 bits per heavy atom. The SMILES string of the molecule is Cc1ccc(-c2nc3cccc(Br)n3c2CO)cc1. The van der Waals surface area contributed by atoms with Crippen LogP contribution < -0.4 is 0 Å². The Labute approximate surface area is 119 Å². The van der Waals surface area contributed by atoms with Gasteiger partial charge in [-0.15, -0.1) is 0 Å². The number of imidazole rings is 1. The molecule has 0 aliphatic heterocycles. The monoisotopic (exact) mass is 316 g/mol. The molecule has 19 heavy (non-hydrogen) atoms. The topological polar surface area (TPSA) is 37.5 Å². The Morgan fingerprint density at radius 2 is 1.89 bits per heavy atom. The van der Waals surface area contributed by atoms with Crippen molar-refractivity contribution in [1.82, 2.24) is 9.38 Å². The van der Waals surface area contributed by atoms with Crippen molar-refractivity contribution in [3.05, 3.63) is 58.3 Å². The molecule has 3 aromatic rings. The number of aliphatic hydroxyl groups is 1. The molecule has 0 radical (unpaired) electrons. The van der Waals surface area contributed by atoms with Gasteiger partial charge in [-0.3, -0.25) is 4.40 Å². The maximum Gasteiger partial charge on any atom is 0.138 e. The van der Waals surface area contributed by atoms with E-state index in [1.54, 1.807) is 0 Å². The lowest BCUT2D eigenvalue weighted by molar-refractivity contribution is 0.276. The number of rotatable bonds is 2. The first-order valence-electron chi connectivity index (χ1n) is 6.04. The van der Waals surface area contributed by atoms with Gasteiger partial charge in [0.15, 0.2) is 0 Å². The van der Waals surface area contributed by atoms with Crippen molar-refractivity contribution >= 4 is 21.6 Å². The van der Waals surface area contributed by atoms with E-state index in [4.69, 9.17) is 0 Å². The van der Waals surface area contributed by atoms with Crippen molar-refractivity contribution in [3.63, 3.8) is 0 Å². The van der Waals surface area contributed by atoms with E-state index in [2.05, 4.69) is 40.0 Å². The third-order valence-electron chi connectivity index (χ3n) is 3.17. The van der Waals surface area contributed by atoms with Crippen LogP contribution in [0.3, 0.4) is 0 Å². The zero-order valence-corrected chi connectivity index (χ0v) is 12.1. The van der Waals surface area contributed by atoms with Crippen molar-refractivity contribution in [3.8, 4) is 11.3 Å². The molecule has 0 aliphatic rings. The Bertz CT molecular complexity index is 732. The number of nitrogens with zero attached hydrogens (tertiary/aromatic N) is 2. The number of aliphatic hydroxyl groups excluding tert-OH is 1. The van der Waals surface area contributed by atoms with Crippen molar-refractivity contribution in [2.75, 3.05) is 0 Å². The average molecular weight is 317 g/mol. The average Bonchev–Trinajstić information content (AvgIpc) is 2.79. The van der Waals surface area contributed by atoms with Gasteiger partial charge >= 0.3 is 0 Å². The Morgan fingerprint density at radius 1 is 1.16 bits per heavy atom. The summed E-state index contributed by atoms with van der Waals surface area (Å²) >= 11 is 3.50. The van der Waals surface area contributed by atoms with Crippen LogP contribution in [-0.4, -0.2) is 14.5 Å². The van der Waals surface area contributed by atoms with E-state index >= 15 is 0 Å². The minimum Gasteiger partial charge on any atom is -0.390 e. The normalized spacial score (nSPS) is 11.1. The van der Waals surface area contributed by atoms with E-state index in [-0.39, 0.29) is 6.61 Å². The molecule has 3 rings (SSSR count). The summed E-state index contributed by atoms with van der Waals surface area (Å²) < 4.78 is 2.81. The summed E-state index contributed by atoms with van der Waals surface area (Å²) in [5.41, 5.74) is 4.68. The first-order chi connectivity index (χ1) is 9.20. The largest absolute Gasteiger partial charge is 0.390 e. The molecule has 0 fully saturated rings. The van der Waals surface area contributed by atoms with Gasteiger partial charge < -0.3 is 5.11 Å². The highest BCUT2D eigenvalue weighted by molar-refractivity contribution is 9.10. The smallest absolute Gasteiger partial charge is 0.138 e. The molecule has 0 unspecified atom stereocenters. The Balaban J connectivity index is 2.29. The first kappa shape index (κ1) is 12.4. The number of aryl methyl sites for hydroxylation is 1. The molecule has 0 atom stereocenters. The van der Waals surface area contributed by atoms with E-state index in [1.165, 1.54) is 5.56 Å². The number of halogens is 1. The first-order valence-corrected chi connectivity index (χ1v) is 6.84. The summed E-state index contributed by atoms with van der Waals surface area (Å²) in [5.74, 6) is 0. The quantitative estimate of drug-likeness (QED) is 0.734. The number of fused-ring (bicyclic) bond motifs is 1. The molecule has 4 heteroatoms. The fraction of sp³-hybridized carbons (Fsp3) is 0.133. The second-order valence-electron chi connectivity index (χ2n) is 4.47. The summed E-state index contributed by atoms with van der Waals surface area (Å²) in [5, 5.41) is 9.66. The second-order valence-corrected chi connectivity index (χ2v) is 5.29. The van der Waals surface area contributed by atoms with Crippen LogP contribution in [0.15, 0.2) is 47.1 Å². The predicted molar refractivity (Wildman–Crippen MR) is 79.0 cm³/mol. The zero-order chi connectivity index (χ0) is 13.4. The molecule has 0 amide bonds. The molecule has 0 saturated carbocycles. The Kier molecular flexibility index (Phi) is 3.12. The van der Waals surface area contributed by atoms with Crippen LogP contribution in [-0.2, 0) is 6.61 Å². The van der Waals surface area contributed by atoms with E-state index < -0.39 is 0 Å². The van der Waals surface area contributed by atoms with Gasteiger partial charge in [0, 0.05) is 5.56 Å². The number of aromatic nitrogens is 2. The molecule has 1 aromatic carbocycles. The number of hydrogen-bond donors (Lipinski definition) is 1. The number of benzene rings is 1. The zero-order valence-electron chi connectivity index (χ0n) is 10.5. The molecule has 0 bridgehead atoms. The molecule has 2 heterocycles. The third kappa shape index (κ3) is 2.07. The van der Waals surface area contributed by atoms with Crippen molar-refractivity contribution < 1.29 is 5.11 Å². The van der Waals surface area contributed by atoms with Crippen LogP contribution in [0.5, 0.6) is 0 Å². The second kappa shape index (κ2) is 4.79. The maximum atomic E-state index is 9.66. The lowest BCUT2D eigenvalue weighted by Crippen LogP contribution is -1.95. The fourth-order valence-corrected chi connectivity index (χ4v) is 2.75. The highest BCUT2D eigenvalue weighted by Crippen LogP contribution is 2.27. The van der Waals surface area contributed by atoms with Gasteiger partial charge in [0.2, 0.25) is 0 Å². The predicted octanol–water partition coefficient (Wildman–Crippen LogP) is 3.56. The molecule has 96 valence electrons. The van der Waals surface area contributed by atoms with Crippen LogP contribution >= 0.6 is 15.9 Å². The number of pyridine rings is 1. The van der Waals surface area contributed by atoms with Crippen LogP contribution in [0.1, 0.15) is 11.3 Å². The fourth-order valence-electron chi connectivity index (χ4n) is 2.20. The molecule has 0 saturated heterocycles. The van der Waals surface area contributed by atoms with Crippen LogP contribution in [0.25, 0.3) is 16.9 Å². The van der Waals surface area contributed by atoms with Gasteiger partial charge in [-0.1, -0.05) is 35.9 Å². The molecule has 3 nitrogen and oxygen atoms in total. The van der Waals surface area contributed by atoms with E-state index in [0.717, 1.165) is 27.2 Å². The summed E-state index contributed by atoms with van der Waals surface area (Å²) in [7, 11) is 0. The Hall–Kier alpha value is -1.65. The third-order valence-corrected chi connectivity index (χ3v) is 3.79. The summed E-state index contributed by atoms with van der Waals surface area (Å²) in [6.45, 7) is 2.00. The highest BCUT2D eigenvalue weighted by atomic mass is 79.9. The lowest BCUT2D eigenvalue weighted by atomic mass is 10.1. The van der Waals surface area contributed by atoms with Crippen LogP contribution in [0.2, 0.25) is 0 Å². The molecular formula is C15H13BrN2O. The van der Waals surface area contributed by atoms with Crippen LogP contribution in [0, 0.1) is 6.92 Å². The van der Waals surface area contributed by atoms with Gasteiger partial charge in [-0.05, 0) is 35.0 Å². The van der Waals surface area contributed by atoms with Gasteiger partial charge in [0.1, 0.15) is 5.65 Å². The van der Waals surface area contributed by atoms with Crippen molar-refractivity contribution in [2.45, 2.75) is 13.5 Å². The molecule has 0 aliphatic carbocycles. The minimum absolute atomic E-state index is 0.0486. The standard InChI is InChI=1S/C15H13BrN2O/c1-10-5-7-11(8-6-10)15-12(9-19)18-13(16)3-2-4-14(18)17-15/h2-8,19H,9H2,1H3. The summed E-state index contributed by atoms with van der Waals surface area (Å²) in [6, 6.07) is 14.0. The van der Waals surface area contributed by atoms with Gasteiger partial charge in [0.05, 0.1) is 22.6 Å². The van der Waals surface area contributed by atoms with Gasteiger partial charge in [-0.25, -0.2) is 4.98 Å². The van der Waals surface area contributed by atoms with E-state index in [9.17, 15) is 5.11 Å². The molecule has 1 N–H and O–H groups in total.